The van der Waals surface area contributed by atoms with Crippen molar-refractivity contribution in [2.75, 3.05) is 18.0 Å². The predicted molar refractivity (Wildman–Crippen MR) is 143 cm³/mol. The zero-order valence-electron chi connectivity index (χ0n) is 20.9. The first-order valence-electron chi connectivity index (χ1n) is 11.4. The van der Waals surface area contributed by atoms with Gasteiger partial charge in [0.05, 0.1) is 28.7 Å². The van der Waals surface area contributed by atoms with Crippen molar-refractivity contribution in [3.63, 3.8) is 0 Å². The Morgan fingerprint density at radius 3 is 2.38 bits per heavy atom. The van der Waals surface area contributed by atoms with Gasteiger partial charge in [-0.05, 0) is 50.1 Å². The third-order valence-corrected chi connectivity index (χ3v) is 7.88. The number of carbonyl (C=O) groups is 1. The average Bonchev–Trinajstić information content (AvgIpc) is 2.86. The molecule has 0 fully saturated rings. The molecule has 37 heavy (non-hydrogen) atoms. The molecule has 3 aromatic carbocycles. The molecule has 0 aliphatic heterocycles. The minimum absolute atomic E-state index is 0.0248. The van der Waals surface area contributed by atoms with Gasteiger partial charge in [0.15, 0.2) is 0 Å². The van der Waals surface area contributed by atoms with Crippen LogP contribution in [0, 0.1) is 24.0 Å². The quantitative estimate of drug-likeness (QED) is 0.271. The Labute approximate surface area is 221 Å². The molecule has 0 bridgehead atoms. The normalized spacial score (nSPS) is 12.0. The SMILES string of the molecule is CC[C@@H](NC(=O)CN(c1cc(Cl)ccc1OC)S(=O)(=O)c1ccc(C)c([N+](=O)[O-])c1)c1ccc(C)cc1. The van der Waals surface area contributed by atoms with E-state index in [1.54, 1.807) is 0 Å². The highest BCUT2D eigenvalue weighted by atomic mass is 35.5. The fraction of sp³-hybridized carbons (Fsp3) is 0.269. The van der Waals surface area contributed by atoms with Crippen LogP contribution >= 0.6 is 11.6 Å². The molecular formula is C26H28ClN3O6S. The molecule has 1 atom stereocenters. The lowest BCUT2D eigenvalue weighted by Crippen LogP contribution is -2.42. The van der Waals surface area contributed by atoms with Gasteiger partial charge in [0, 0.05) is 16.7 Å². The second kappa shape index (κ2) is 11.6. The van der Waals surface area contributed by atoms with Crippen LogP contribution in [0.1, 0.15) is 36.1 Å². The van der Waals surface area contributed by atoms with Crippen LogP contribution in [0.2, 0.25) is 5.02 Å². The Kier molecular flexibility index (Phi) is 8.77. The first kappa shape index (κ1) is 27.9. The van der Waals surface area contributed by atoms with Crippen LogP contribution in [-0.2, 0) is 14.8 Å². The summed E-state index contributed by atoms with van der Waals surface area (Å²) in [5, 5.41) is 14.6. The number of nitro benzene ring substituents is 1. The zero-order chi connectivity index (χ0) is 27.3. The van der Waals surface area contributed by atoms with Crippen molar-refractivity contribution in [3.05, 3.63) is 92.5 Å². The molecule has 3 rings (SSSR count). The van der Waals surface area contributed by atoms with Crippen LogP contribution in [0.5, 0.6) is 5.75 Å². The van der Waals surface area contributed by atoms with Crippen molar-refractivity contribution in [3.8, 4) is 5.75 Å². The molecule has 196 valence electrons. The van der Waals surface area contributed by atoms with Crippen molar-refractivity contribution >= 4 is 38.9 Å². The summed E-state index contributed by atoms with van der Waals surface area (Å²) in [6.07, 6.45) is 0.576. The highest BCUT2D eigenvalue weighted by Crippen LogP contribution is 2.36. The van der Waals surface area contributed by atoms with Gasteiger partial charge in [-0.3, -0.25) is 19.2 Å². The topological polar surface area (TPSA) is 119 Å². The number of benzene rings is 3. The van der Waals surface area contributed by atoms with Crippen molar-refractivity contribution in [2.45, 2.75) is 38.1 Å². The number of nitrogens with one attached hydrogen (secondary N) is 1. The van der Waals surface area contributed by atoms with Gasteiger partial charge in [0.2, 0.25) is 5.91 Å². The van der Waals surface area contributed by atoms with Gasteiger partial charge in [-0.25, -0.2) is 8.42 Å². The molecule has 0 radical (unpaired) electrons. The highest BCUT2D eigenvalue weighted by molar-refractivity contribution is 7.92. The Balaban J connectivity index is 2.05. The maximum atomic E-state index is 13.8. The molecule has 0 saturated heterocycles. The standard InChI is InChI=1S/C26H28ClN3O6S/c1-5-22(19-9-6-17(2)7-10-19)28-26(31)16-29(24-14-20(27)11-13-25(24)36-4)37(34,35)21-12-8-18(3)23(15-21)30(32)33/h6-15,22H,5,16H2,1-4H3,(H,28,31)/t22-/m1/s1. The van der Waals surface area contributed by atoms with Crippen molar-refractivity contribution in [1.82, 2.24) is 5.32 Å². The van der Waals surface area contributed by atoms with Gasteiger partial charge in [0.1, 0.15) is 12.3 Å². The second-order valence-corrected chi connectivity index (χ2v) is 10.8. The molecule has 1 N–H and O–H groups in total. The van der Waals surface area contributed by atoms with Gasteiger partial charge in [0.25, 0.3) is 15.7 Å². The van der Waals surface area contributed by atoms with E-state index >= 15 is 0 Å². The molecule has 9 nitrogen and oxygen atoms in total. The molecule has 3 aromatic rings. The Morgan fingerprint density at radius 1 is 1.11 bits per heavy atom. The van der Waals surface area contributed by atoms with Crippen LogP contribution in [0.15, 0.2) is 65.6 Å². The van der Waals surface area contributed by atoms with Crippen LogP contribution in [-0.4, -0.2) is 32.9 Å². The molecule has 0 aliphatic rings. The lowest BCUT2D eigenvalue weighted by molar-refractivity contribution is -0.385. The minimum Gasteiger partial charge on any atom is -0.495 e. The number of methoxy groups -OCH3 is 1. The Hall–Kier alpha value is -3.63. The highest BCUT2D eigenvalue weighted by Gasteiger charge is 2.32. The minimum atomic E-state index is -4.45. The lowest BCUT2D eigenvalue weighted by atomic mass is 10.0. The number of sulfonamides is 1. The van der Waals surface area contributed by atoms with E-state index in [1.807, 2.05) is 38.1 Å². The molecule has 11 heteroatoms. The third kappa shape index (κ3) is 6.39. The number of nitro groups is 1. The maximum absolute atomic E-state index is 13.8. The Morgan fingerprint density at radius 2 is 1.78 bits per heavy atom. The van der Waals surface area contributed by atoms with E-state index in [2.05, 4.69) is 5.32 Å². The number of halogens is 1. The predicted octanol–water partition coefficient (Wildman–Crippen LogP) is 5.34. The van der Waals surface area contributed by atoms with Crippen LogP contribution in [0.4, 0.5) is 11.4 Å². The van der Waals surface area contributed by atoms with Crippen molar-refractivity contribution in [2.24, 2.45) is 0 Å². The van der Waals surface area contributed by atoms with Crippen LogP contribution < -0.4 is 14.4 Å². The second-order valence-electron chi connectivity index (χ2n) is 8.47. The summed E-state index contributed by atoms with van der Waals surface area (Å²) in [6.45, 7) is 4.77. The third-order valence-electron chi connectivity index (χ3n) is 5.89. The monoisotopic (exact) mass is 545 g/mol. The largest absolute Gasteiger partial charge is 0.495 e. The summed E-state index contributed by atoms with van der Waals surface area (Å²) in [4.78, 5) is 23.7. The average molecular weight is 546 g/mol. The molecule has 0 unspecified atom stereocenters. The van der Waals surface area contributed by atoms with Gasteiger partial charge in [-0.1, -0.05) is 54.4 Å². The molecule has 0 aromatic heterocycles. The number of amides is 1. The molecule has 0 heterocycles. The summed E-state index contributed by atoms with van der Waals surface area (Å²) in [7, 11) is -3.09. The van der Waals surface area contributed by atoms with Gasteiger partial charge < -0.3 is 10.1 Å². The molecule has 1 amide bonds. The summed E-state index contributed by atoms with van der Waals surface area (Å²) in [6, 6.07) is 15.3. The van der Waals surface area contributed by atoms with E-state index in [1.165, 1.54) is 44.4 Å². The smallest absolute Gasteiger partial charge is 0.273 e. The molecule has 0 spiro atoms. The number of aryl methyl sites for hydroxylation is 2. The van der Waals surface area contributed by atoms with E-state index in [9.17, 15) is 23.3 Å². The van der Waals surface area contributed by atoms with E-state index in [-0.39, 0.29) is 33.1 Å². The summed E-state index contributed by atoms with van der Waals surface area (Å²) in [5.74, 6) is -0.410. The number of nitrogens with zero attached hydrogens (tertiary/aromatic N) is 2. The van der Waals surface area contributed by atoms with Crippen LogP contribution in [0.25, 0.3) is 0 Å². The van der Waals surface area contributed by atoms with Gasteiger partial charge >= 0.3 is 0 Å². The number of hydrogen-bond acceptors (Lipinski definition) is 6. The molecular weight excluding hydrogens is 518 g/mol. The fourth-order valence-corrected chi connectivity index (χ4v) is 5.43. The van der Waals surface area contributed by atoms with E-state index in [0.29, 0.717) is 12.0 Å². The summed E-state index contributed by atoms with van der Waals surface area (Å²) >= 11 is 6.17. The number of hydrogen-bond donors (Lipinski definition) is 1. The van der Waals surface area contributed by atoms with Crippen LogP contribution in [0.3, 0.4) is 0 Å². The van der Waals surface area contributed by atoms with Gasteiger partial charge in [-0.15, -0.1) is 0 Å². The Bertz CT molecular complexity index is 1410. The number of rotatable bonds is 10. The lowest BCUT2D eigenvalue weighted by Gasteiger charge is -2.27. The van der Waals surface area contributed by atoms with E-state index < -0.39 is 27.4 Å². The van der Waals surface area contributed by atoms with Crippen molar-refractivity contribution in [1.29, 1.82) is 0 Å². The van der Waals surface area contributed by atoms with Crippen molar-refractivity contribution < 1.29 is 22.9 Å². The van der Waals surface area contributed by atoms with Gasteiger partial charge in [-0.2, -0.15) is 0 Å². The fourth-order valence-electron chi connectivity index (χ4n) is 3.82. The first-order chi connectivity index (χ1) is 17.5. The number of carbonyl (C=O) groups excluding carboxylic acids is 1. The number of ether oxygens (including phenoxy) is 1. The summed E-state index contributed by atoms with van der Waals surface area (Å²) < 4.78 is 33.8. The maximum Gasteiger partial charge on any atom is 0.273 e. The summed E-state index contributed by atoms with van der Waals surface area (Å²) in [5.41, 5.74) is 1.93. The van der Waals surface area contributed by atoms with E-state index in [4.69, 9.17) is 16.3 Å². The van der Waals surface area contributed by atoms with E-state index in [0.717, 1.165) is 21.5 Å². The zero-order valence-corrected chi connectivity index (χ0v) is 22.5. The molecule has 0 aliphatic carbocycles. The number of anilines is 1. The first-order valence-corrected chi connectivity index (χ1v) is 13.3. The molecule has 0 saturated carbocycles.